The number of amides is 1. The lowest BCUT2D eigenvalue weighted by molar-refractivity contribution is -0.122. The van der Waals surface area contributed by atoms with Crippen molar-refractivity contribution in [1.82, 2.24) is 4.90 Å². The molecule has 0 saturated carbocycles. The zero-order valence-electron chi connectivity index (χ0n) is 17.3. The van der Waals surface area contributed by atoms with E-state index in [0.717, 1.165) is 21.3 Å². The summed E-state index contributed by atoms with van der Waals surface area (Å²) in [7, 11) is 0. The topological polar surface area (TPSA) is 41.9 Å². The first-order chi connectivity index (χ1) is 15.5. The number of amidine groups is 1. The molecular weight excluding hydrogens is 491 g/mol. The third kappa shape index (κ3) is 5.47. The van der Waals surface area contributed by atoms with Crippen LogP contribution in [-0.2, 0) is 11.4 Å². The lowest BCUT2D eigenvalue weighted by Crippen LogP contribution is -2.28. The van der Waals surface area contributed by atoms with Crippen LogP contribution in [0.15, 0.2) is 87.2 Å². The minimum Gasteiger partial charge on any atom is -0.489 e. The van der Waals surface area contributed by atoms with Gasteiger partial charge in [-0.1, -0.05) is 40.2 Å². The number of hydrogen-bond donors (Lipinski definition) is 0. The van der Waals surface area contributed by atoms with Crippen molar-refractivity contribution in [3.8, 4) is 5.75 Å². The Morgan fingerprint density at radius 2 is 1.72 bits per heavy atom. The molecule has 4 rings (SSSR count). The average Bonchev–Trinajstić information content (AvgIpc) is 3.09. The van der Waals surface area contributed by atoms with E-state index < -0.39 is 0 Å². The molecule has 0 radical (unpaired) electrons. The van der Waals surface area contributed by atoms with E-state index in [0.29, 0.717) is 28.9 Å². The Morgan fingerprint density at radius 3 is 2.38 bits per heavy atom. The van der Waals surface area contributed by atoms with E-state index in [-0.39, 0.29) is 11.7 Å². The van der Waals surface area contributed by atoms with E-state index in [1.54, 1.807) is 17.0 Å². The minimum absolute atomic E-state index is 0.0890. The third-order valence-electron chi connectivity index (χ3n) is 4.75. The number of thioether (sulfide) groups is 1. The lowest BCUT2D eigenvalue weighted by Gasteiger charge is -2.11. The van der Waals surface area contributed by atoms with Gasteiger partial charge in [-0.3, -0.25) is 9.69 Å². The molecule has 1 aliphatic rings. The molecular formula is C25H20BrFN2O2S. The van der Waals surface area contributed by atoms with E-state index in [9.17, 15) is 9.18 Å². The van der Waals surface area contributed by atoms with Gasteiger partial charge in [0.05, 0.1) is 10.6 Å². The summed E-state index contributed by atoms with van der Waals surface area (Å²) in [6.45, 7) is 2.89. The van der Waals surface area contributed by atoms with E-state index in [1.165, 1.54) is 23.9 Å². The van der Waals surface area contributed by atoms with Gasteiger partial charge in [0.2, 0.25) is 0 Å². The monoisotopic (exact) mass is 510 g/mol. The fraction of sp³-hybridized carbons (Fsp3) is 0.120. The Bertz CT molecular complexity index is 1160. The van der Waals surface area contributed by atoms with Gasteiger partial charge in [0.1, 0.15) is 18.2 Å². The van der Waals surface area contributed by atoms with Crippen LogP contribution in [0.5, 0.6) is 5.75 Å². The van der Waals surface area contributed by atoms with Crippen LogP contribution in [-0.4, -0.2) is 22.5 Å². The van der Waals surface area contributed by atoms with Crippen molar-refractivity contribution in [1.29, 1.82) is 0 Å². The van der Waals surface area contributed by atoms with Crippen molar-refractivity contribution in [2.75, 3.05) is 6.54 Å². The number of likely N-dealkylation sites (N-methyl/N-ethyl adjacent to an activating group) is 1. The number of ether oxygens (including phenoxy) is 1. The first-order valence-corrected chi connectivity index (χ1v) is 11.7. The average molecular weight is 511 g/mol. The predicted molar refractivity (Wildman–Crippen MR) is 131 cm³/mol. The second kappa shape index (κ2) is 10.1. The largest absolute Gasteiger partial charge is 0.489 e. The highest BCUT2D eigenvalue weighted by Gasteiger charge is 2.32. The summed E-state index contributed by atoms with van der Waals surface area (Å²) < 4.78 is 20.0. The quantitative estimate of drug-likeness (QED) is 0.342. The van der Waals surface area contributed by atoms with Gasteiger partial charge < -0.3 is 4.74 Å². The van der Waals surface area contributed by atoms with Gasteiger partial charge in [0.25, 0.3) is 5.91 Å². The molecule has 3 aromatic rings. The van der Waals surface area contributed by atoms with E-state index in [4.69, 9.17) is 4.74 Å². The Balaban J connectivity index is 1.46. The van der Waals surface area contributed by atoms with Gasteiger partial charge in [-0.25, -0.2) is 9.38 Å². The number of benzene rings is 3. The summed E-state index contributed by atoms with van der Waals surface area (Å²) in [6.07, 6.45) is 1.85. The predicted octanol–water partition coefficient (Wildman–Crippen LogP) is 6.79. The summed E-state index contributed by atoms with van der Waals surface area (Å²) in [5.41, 5.74) is 2.59. The standard InChI is InChI=1S/C25H20BrFN2O2S/c1-2-29-24(30)23(32-25(29)28-21-11-9-20(27)10-12-21)15-17-5-13-22(14-6-17)31-16-18-3-7-19(26)8-4-18/h3-15H,2,16H2,1H3/b23-15+,28-25?. The van der Waals surface area contributed by atoms with Crippen molar-refractivity contribution >= 4 is 50.5 Å². The van der Waals surface area contributed by atoms with Crippen LogP contribution >= 0.6 is 27.7 Å². The van der Waals surface area contributed by atoms with E-state index in [2.05, 4.69) is 20.9 Å². The summed E-state index contributed by atoms with van der Waals surface area (Å²) in [4.78, 5) is 19.5. The molecule has 0 unspecified atom stereocenters. The van der Waals surface area contributed by atoms with Crippen molar-refractivity contribution in [3.63, 3.8) is 0 Å². The van der Waals surface area contributed by atoms with Gasteiger partial charge >= 0.3 is 0 Å². The molecule has 1 aliphatic heterocycles. The van der Waals surface area contributed by atoms with Crippen LogP contribution < -0.4 is 4.74 Å². The van der Waals surface area contributed by atoms with Crippen LogP contribution in [0, 0.1) is 5.82 Å². The van der Waals surface area contributed by atoms with E-state index >= 15 is 0 Å². The van der Waals surface area contributed by atoms with E-state index in [1.807, 2.05) is 61.5 Å². The van der Waals surface area contributed by atoms with Gasteiger partial charge in [0, 0.05) is 11.0 Å². The van der Waals surface area contributed by atoms with Crippen molar-refractivity contribution in [3.05, 3.63) is 99.1 Å². The fourth-order valence-corrected chi connectivity index (χ4v) is 4.38. The molecule has 1 amide bonds. The molecule has 1 heterocycles. The van der Waals surface area contributed by atoms with Crippen LogP contribution in [0.25, 0.3) is 6.08 Å². The molecule has 0 atom stereocenters. The molecule has 0 bridgehead atoms. The van der Waals surface area contributed by atoms with Gasteiger partial charge in [-0.2, -0.15) is 0 Å². The number of rotatable bonds is 6. The normalized spacial score (nSPS) is 16.2. The molecule has 7 heteroatoms. The maximum atomic E-state index is 13.1. The first kappa shape index (κ1) is 22.3. The van der Waals surface area contributed by atoms with Crippen LogP contribution in [0.4, 0.5) is 10.1 Å². The molecule has 0 spiro atoms. The summed E-state index contributed by atoms with van der Waals surface area (Å²) in [5.74, 6) is 0.351. The zero-order valence-corrected chi connectivity index (χ0v) is 19.7. The fourth-order valence-electron chi connectivity index (χ4n) is 3.06. The lowest BCUT2D eigenvalue weighted by atomic mass is 10.2. The van der Waals surface area contributed by atoms with Gasteiger partial charge in [-0.15, -0.1) is 0 Å². The van der Waals surface area contributed by atoms with Gasteiger partial charge in [0.15, 0.2) is 5.17 Å². The Hall–Kier alpha value is -2.90. The summed E-state index contributed by atoms with van der Waals surface area (Å²) in [5, 5.41) is 0.588. The number of carbonyl (C=O) groups excluding carboxylic acids is 1. The SMILES string of the molecule is CCN1C(=O)/C(=C\c2ccc(OCc3ccc(Br)cc3)cc2)SC1=Nc1ccc(F)cc1. The highest BCUT2D eigenvalue weighted by Crippen LogP contribution is 2.34. The minimum atomic E-state index is -0.318. The molecule has 1 fully saturated rings. The van der Waals surface area contributed by atoms with Crippen LogP contribution in [0.3, 0.4) is 0 Å². The molecule has 162 valence electrons. The second-order valence-corrected chi connectivity index (χ2v) is 8.94. The molecule has 32 heavy (non-hydrogen) atoms. The van der Waals surface area contributed by atoms with Crippen LogP contribution in [0.2, 0.25) is 0 Å². The van der Waals surface area contributed by atoms with Crippen molar-refractivity contribution in [2.45, 2.75) is 13.5 Å². The Labute approximate surface area is 198 Å². The number of carbonyl (C=O) groups is 1. The summed E-state index contributed by atoms with van der Waals surface area (Å²) in [6, 6.07) is 21.5. The highest BCUT2D eigenvalue weighted by atomic mass is 79.9. The number of hydrogen-bond acceptors (Lipinski definition) is 4. The third-order valence-corrected chi connectivity index (χ3v) is 6.29. The highest BCUT2D eigenvalue weighted by molar-refractivity contribution is 9.10. The smallest absolute Gasteiger partial charge is 0.266 e. The van der Waals surface area contributed by atoms with Crippen molar-refractivity contribution < 1.29 is 13.9 Å². The summed E-state index contributed by atoms with van der Waals surface area (Å²) >= 11 is 4.74. The first-order valence-electron chi connectivity index (χ1n) is 10.0. The maximum absolute atomic E-state index is 13.1. The Morgan fingerprint density at radius 1 is 1.03 bits per heavy atom. The van der Waals surface area contributed by atoms with Gasteiger partial charge in [-0.05, 0) is 84.4 Å². The number of nitrogens with zero attached hydrogens (tertiary/aromatic N) is 2. The maximum Gasteiger partial charge on any atom is 0.266 e. The zero-order chi connectivity index (χ0) is 22.5. The molecule has 3 aromatic carbocycles. The molecule has 4 nitrogen and oxygen atoms in total. The second-order valence-electron chi connectivity index (χ2n) is 7.02. The van der Waals surface area contributed by atoms with Crippen LogP contribution in [0.1, 0.15) is 18.1 Å². The number of halogens is 2. The number of aliphatic imine (C=N–C) groups is 1. The van der Waals surface area contributed by atoms with Crippen molar-refractivity contribution in [2.24, 2.45) is 4.99 Å². The molecule has 0 N–H and O–H groups in total. The molecule has 1 saturated heterocycles. The molecule has 0 aromatic heterocycles. The Kier molecular flexibility index (Phi) is 7.07. The molecule has 0 aliphatic carbocycles.